The number of ether oxygens (including phenoxy) is 4. The number of hydrogen-bond donors (Lipinski definition) is 3. The van der Waals surface area contributed by atoms with Gasteiger partial charge in [0.2, 0.25) is 5.91 Å². The van der Waals surface area contributed by atoms with Gasteiger partial charge < -0.3 is 34.7 Å². The number of nitro benzene ring substituents is 1. The van der Waals surface area contributed by atoms with E-state index in [1.54, 1.807) is 47.6 Å². The number of nitro groups is 1. The highest BCUT2D eigenvalue weighted by Gasteiger charge is 2.25. The highest BCUT2D eigenvalue weighted by molar-refractivity contribution is 5.93. The fourth-order valence-electron chi connectivity index (χ4n) is 2.88. The van der Waals surface area contributed by atoms with E-state index >= 15 is 0 Å². The van der Waals surface area contributed by atoms with Gasteiger partial charge in [0.05, 0.1) is 22.6 Å². The SMILES string of the molecule is CC(C)(C)OC(=O)NCCC(=O)Nc1cc(COC(O)Oc2ccc([N+](=O)[O-])cc2)ccc1OC(=O)C(C)(C)C. The van der Waals surface area contributed by atoms with Crippen LogP contribution in [0.15, 0.2) is 42.5 Å². The molecule has 0 bridgehead atoms. The van der Waals surface area contributed by atoms with E-state index in [1.165, 1.54) is 36.4 Å². The second kappa shape index (κ2) is 13.7. The van der Waals surface area contributed by atoms with Crippen LogP contribution in [0.2, 0.25) is 0 Å². The van der Waals surface area contributed by atoms with Crippen molar-refractivity contribution >= 4 is 29.3 Å². The third-order valence-electron chi connectivity index (χ3n) is 4.83. The summed E-state index contributed by atoms with van der Waals surface area (Å²) >= 11 is 0. The summed E-state index contributed by atoms with van der Waals surface area (Å²) in [4.78, 5) is 47.0. The van der Waals surface area contributed by atoms with E-state index in [-0.39, 0.29) is 42.4 Å². The standard InChI is InChI=1S/C27H35N3O10/c1-26(2,3)23(32)39-21-12-7-17(16-37-25(34)38-19-10-8-18(9-11-19)30(35)36)15-20(21)29-22(31)13-14-28-24(33)40-27(4,5)6/h7-12,15,25,34H,13-14,16H2,1-6H3,(H,28,33)(H,29,31). The molecule has 2 rings (SSSR count). The molecule has 1 atom stereocenters. The van der Waals surface area contributed by atoms with Gasteiger partial charge in [-0.25, -0.2) is 4.79 Å². The molecular weight excluding hydrogens is 526 g/mol. The molecule has 2 aromatic carbocycles. The molecule has 0 fully saturated rings. The molecular formula is C27H35N3O10. The van der Waals surface area contributed by atoms with Gasteiger partial charge in [0.1, 0.15) is 11.4 Å². The molecule has 0 aromatic heterocycles. The Morgan fingerprint density at radius 2 is 1.68 bits per heavy atom. The Morgan fingerprint density at radius 1 is 1.02 bits per heavy atom. The van der Waals surface area contributed by atoms with Crippen molar-refractivity contribution < 1.29 is 43.4 Å². The number of esters is 1. The van der Waals surface area contributed by atoms with Crippen LogP contribution in [0.3, 0.4) is 0 Å². The Morgan fingerprint density at radius 3 is 2.25 bits per heavy atom. The van der Waals surface area contributed by atoms with Crippen molar-refractivity contribution in [3.8, 4) is 11.5 Å². The molecule has 0 aliphatic rings. The van der Waals surface area contributed by atoms with Crippen LogP contribution in [0.25, 0.3) is 0 Å². The normalized spacial score (nSPS) is 12.2. The first-order valence-electron chi connectivity index (χ1n) is 12.4. The lowest BCUT2D eigenvalue weighted by Crippen LogP contribution is -2.34. The highest BCUT2D eigenvalue weighted by Crippen LogP contribution is 2.29. The molecule has 2 amide bonds. The van der Waals surface area contributed by atoms with Crippen LogP contribution >= 0.6 is 0 Å². The number of hydrogen-bond acceptors (Lipinski definition) is 10. The molecule has 13 heteroatoms. The topological polar surface area (TPSA) is 176 Å². The third kappa shape index (κ3) is 11.3. The zero-order valence-electron chi connectivity index (χ0n) is 23.3. The van der Waals surface area contributed by atoms with Gasteiger partial charge in [-0.1, -0.05) is 6.07 Å². The van der Waals surface area contributed by atoms with Crippen LogP contribution < -0.4 is 20.1 Å². The maximum absolute atomic E-state index is 12.6. The number of aliphatic hydroxyl groups excluding tert-OH is 1. The van der Waals surface area contributed by atoms with Crippen molar-refractivity contribution in [2.45, 2.75) is 66.6 Å². The number of anilines is 1. The van der Waals surface area contributed by atoms with Crippen molar-refractivity contribution in [3.05, 3.63) is 58.1 Å². The van der Waals surface area contributed by atoms with E-state index in [0.29, 0.717) is 5.56 Å². The van der Waals surface area contributed by atoms with E-state index in [0.717, 1.165) is 0 Å². The molecule has 0 radical (unpaired) electrons. The number of alkyl carbamates (subject to hydrolysis) is 1. The Kier molecular flexibility index (Phi) is 11.0. The molecule has 0 saturated carbocycles. The Labute approximate surface area is 231 Å². The predicted octanol–water partition coefficient (Wildman–Crippen LogP) is 4.27. The van der Waals surface area contributed by atoms with Crippen molar-refractivity contribution in [2.75, 3.05) is 11.9 Å². The quantitative estimate of drug-likeness (QED) is 0.118. The lowest BCUT2D eigenvalue weighted by molar-refractivity contribution is -0.384. The number of amides is 2. The zero-order chi connectivity index (χ0) is 30.1. The lowest BCUT2D eigenvalue weighted by Gasteiger charge is -2.20. The summed E-state index contributed by atoms with van der Waals surface area (Å²) in [6.45, 7) is 8.36. The number of rotatable bonds is 11. The predicted molar refractivity (Wildman–Crippen MR) is 144 cm³/mol. The molecule has 0 spiro atoms. The van der Waals surface area contributed by atoms with Crippen molar-refractivity contribution in [1.29, 1.82) is 0 Å². The molecule has 2 aromatic rings. The minimum Gasteiger partial charge on any atom is -0.444 e. The summed E-state index contributed by atoms with van der Waals surface area (Å²) < 4.78 is 21.1. The molecule has 218 valence electrons. The average Bonchev–Trinajstić information content (AvgIpc) is 2.82. The number of non-ortho nitro benzene ring substituents is 1. The van der Waals surface area contributed by atoms with Gasteiger partial charge in [0, 0.05) is 25.1 Å². The third-order valence-corrected chi connectivity index (χ3v) is 4.83. The van der Waals surface area contributed by atoms with Gasteiger partial charge in [-0.3, -0.25) is 19.7 Å². The first-order chi connectivity index (χ1) is 18.5. The van der Waals surface area contributed by atoms with Crippen LogP contribution in [0.4, 0.5) is 16.2 Å². The maximum Gasteiger partial charge on any atom is 0.407 e. The number of nitrogens with one attached hydrogen (secondary N) is 2. The zero-order valence-corrected chi connectivity index (χ0v) is 23.3. The average molecular weight is 562 g/mol. The van der Waals surface area contributed by atoms with Crippen LogP contribution in [-0.4, -0.2) is 46.6 Å². The Bertz CT molecular complexity index is 1200. The highest BCUT2D eigenvalue weighted by atomic mass is 16.8. The fourth-order valence-corrected chi connectivity index (χ4v) is 2.88. The van der Waals surface area contributed by atoms with E-state index < -0.39 is 40.4 Å². The number of benzene rings is 2. The van der Waals surface area contributed by atoms with Gasteiger partial charge >= 0.3 is 18.5 Å². The minimum atomic E-state index is -1.70. The summed E-state index contributed by atoms with van der Waals surface area (Å²) in [5, 5.41) is 26.0. The van der Waals surface area contributed by atoms with Crippen LogP contribution in [0.1, 0.15) is 53.5 Å². The molecule has 0 saturated heterocycles. The number of carbonyl (C=O) groups excluding carboxylic acids is 3. The van der Waals surface area contributed by atoms with Crippen LogP contribution in [0, 0.1) is 15.5 Å². The smallest absolute Gasteiger partial charge is 0.407 e. The number of aliphatic hydroxyl groups is 1. The molecule has 13 nitrogen and oxygen atoms in total. The van der Waals surface area contributed by atoms with Crippen molar-refractivity contribution in [2.24, 2.45) is 5.41 Å². The van der Waals surface area contributed by atoms with Crippen LogP contribution in [-0.2, 0) is 25.7 Å². The van der Waals surface area contributed by atoms with E-state index in [2.05, 4.69) is 10.6 Å². The lowest BCUT2D eigenvalue weighted by atomic mass is 9.97. The fraction of sp³-hybridized carbons (Fsp3) is 0.444. The minimum absolute atomic E-state index is 0.00678. The van der Waals surface area contributed by atoms with E-state index in [9.17, 15) is 29.6 Å². The largest absolute Gasteiger partial charge is 0.444 e. The summed E-state index contributed by atoms with van der Waals surface area (Å²) in [6.07, 6.45) is -0.747. The Hall–Kier alpha value is -4.23. The van der Waals surface area contributed by atoms with Gasteiger partial charge in [-0.05, 0) is 71.4 Å². The molecule has 40 heavy (non-hydrogen) atoms. The molecule has 0 aliphatic carbocycles. The summed E-state index contributed by atoms with van der Waals surface area (Å²) in [7, 11) is 0. The summed E-state index contributed by atoms with van der Waals surface area (Å²) in [5.41, 5.74) is -0.957. The second-order valence-corrected chi connectivity index (χ2v) is 10.7. The molecule has 0 aliphatic heterocycles. The van der Waals surface area contributed by atoms with Gasteiger partial charge in [-0.2, -0.15) is 0 Å². The van der Waals surface area contributed by atoms with Gasteiger partial charge in [0.25, 0.3) is 5.69 Å². The van der Waals surface area contributed by atoms with Crippen LogP contribution in [0.5, 0.6) is 11.5 Å². The molecule has 0 heterocycles. The van der Waals surface area contributed by atoms with Crippen molar-refractivity contribution in [1.82, 2.24) is 5.32 Å². The van der Waals surface area contributed by atoms with Gasteiger partial charge in [-0.15, -0.1) is 0 Å². The van der Waals surface area contributed by atoms with Gasteiger partial charge in [0.15, 0.2) is 5.75 Å². The number of nitrogens with zero attached hydrogens (tertiary/aromatic N) is 1. The molecule has 1 unspecified atom stereocenters. The van der Waals surface area contributed by atoms with Crippen molar-refractivity contribution in [3.63, 3.8) is 0 Å². The number of carbonyl (C=O) groups is 3. The van der Waals surface area contributed by atoms with E-state index in [4.69, 9.17) is 18.9 Å². The monoisotopic (exact) mass is 561 g/mol. The summed E-state index contributed by atoms with van der Waals surface area (Å²) in [6, 6.07) is 9.62. The first-order valence-corrected chi connectivity index (χ1v) is 12.4. The molecule has 3 N–H and O–H groups in total. The maximum atomic E-state index is 12.6. The first kappa shape index (κ1) is 32.0. The Balaban J connectivity index is 2.06. The van der Waals surface area contributed by atoms with E-state index in [1.807, 2.05) is 0 Å². The second-order valence-electron chi connectivity index (χ2n) is 10.7. The summed E-state index contributed by atoms with van der Waals surface area (Å²) in [5.74, 6) is -0.746.